The molecule has 2 nitrogen and oxygen atoms in total. The molecule has 0 N–H and O–H groups in total. The molecule has 0 saturated heterocycles. The zero-order chi connectivity index (χ0) is 22.1. The predicted octanol–water partition coefficient (Wildman–Crippen LogP) is 7.05. The van der Waals surface area contributed by atoms with E-state index < -0.39 is 0 Å². The minimum Gasteiger partial charge on any atom is -0.300 e. The number of hydrogen-bond donors (Lipinski definition) is 0. The number of carbonyl (C=O) groups excluding carboxylic acids is 2. The van der Waals surface area contributed by atoms with E-state index in [1.54, 1.807) is 0 Å². The SMILES string of the molecule is CCC(=O)CCC1CCC(c2ccc(C(=O)Cc3ccc(CCCF)cc3)cc2)CC1. The maximum absolute atomic E-state index is 12.7. The van der Waals surface area contributed by atoms with Crippen LogP contribution >= 0.6 is 0 Å². The van der Waals surface area contributed by atoms with Crippen molar-refractivity contribution in [2.45, 2.75) is 77.0 Å². The van der Waals surface area contributed by atoms with Gasteiger partial charge in [-0.1, -0.05) is 55.5 Å². The van der Waals surface area contributed by atoms with Gasteiger partial charge < -0.3 is 0 Å². The normalized spacial score (nSPS) is 18.6. The molecule has 3 heteroatoms. The number of Topliss-reactive ketones (excluding diaryl/α,β-unsaturated/α-hetero) is 2. The third-order valence-corrected chi connectivity index (χ3v) is 6.76. The van der Waals surface area contributed by atoms with Gasteiger partial charge in [0.25, 0.3) is 0 Å². The number of carbonyl (C=O) groups is 2. The third-order valence-electron chi connectivity index (χ3n) is 6.76. The highest BCUT2D eigenvalue weighted by Crippen LogP contribution is 2.37. The fourth-order valence-electron chi connectivity index (χ4n) is 4.65. The molecule has 1 aliphatic carbocycles. The summed E-state index contributed by atoms with van der Waals surface area (Å²) in [5.41, 5.74) is 4.21. The van der Waals surface area contributed by atoms with E-state index in [0.29, 0.717) is 36.9 Å². The Hall–Kier alpha value is -2.29. The first-order valence-electron chi connectivity index (χ1n) is 11.9. The summed E-state index contributed by atoms with van der Waals surface area (Å²) in [5, 5.41) is 0. The fraction of sp³-hybridized carbons (Fsp3) is 0.500. The number of aryl methyl sites for hydroxylation is 1. The maximum Gasteiger partial charge on any atom is 0.167 e. The quantitative estimate of drug-likeness (QED) is 0.364. The van der Waals surface area contributed by atoms with E-state index >= 15 is 0 Å². The summed E-state index contributed by atoms with van der Waals surface area (Å²) >= 11 is 0. The summed E-state index contributed by atoms with van der Waals surface area (Å²) in [6, 6.07) is 16.1. The van der Waals surface area contributed by atoms with Gasteiger partial charge in [0.15, 0.2) is 5.78 Å². The summed E-state index contributed by atoms with van der Waals surface area (Å²) < 4.78 is 12.3. The van der Waals surface area contributed by atoms with Crippen molar-refractivity contribution in [2.24, 2.45) is 5.92 Å². The summed E-state index contributed by atoms with van der Waals surface area (Å²) in [6.07, 6.45) is 8.87. The zero-order valence-electron chi connectivity index (χ0n) is 18.7. The monoisotopic (exact) mass is 422 g/mol. The Kier molecular flexibility index (Phi) is 8.99. The van der Waals surface area contributed by atoms with Gasteiger partial charge in [0, 0.05) is 24.8 Å². The van der Waals surface area contributed by atoms with Gasteiger partial charge in [-0.15, -0.1) is 0 Å². The zero-order valence-corrected chi connectivity index (χ0v) is 18.7. The molecule has 166 valence electrons. The van der Waals surface area contributed by atoms with E-state index in [-0.39, 0.29) is 12.5 Å². The van der Waals surface area contributed by atoms with Gasteiger partial charge in [-0.25, -0.2) is 0 Å². The summed E-state index contributed by atoms with van der Waals surface area (Å²) in [4.78, 5) is 24.2. The molecule has 3 rings (SSSR count). The van der Waals surface area contributed by atoms with E-state index in [1.165, 1.54) is 31.2 Å². The van der Waals surface area contributed by atoms with Gasteiger partial charge in [0.1, 0.15) is 5.78 Å². The molecule has 0 amide bonds. The number of alkyl halides is 1. The van der Waals surface area contributed by atoms with Crippen LogP contribution in [-0.4, -0.2) is 18.2 Å². The van der Waals surface area contributed by atoms with Crippen molar-refractivity contribution in [3.8, 4) is 0 Å². The predicted molar refractivity (Wildman–Crippen MR) is 124 cm³/mol. The second kappa shape index (κ2) is 11.9. The van der Waals surface area contributed by atoms with Crippen LogP contribution in [0.4, 0.5) is 4.39 Å². The molecule has 31 heavy (non-hydrogen) atoms. The average Bonchev–Trinajstić information content (AvgIpc) is 2.82. The van der Waals surface area contributed by atoms with Crippen molar-refractivity contribution in [1.29, 1.82) is 0 Å². The molecule has 2 aromatic carbocycles. The molecule has 2 aromatic rings. The molecule has 0 spiro atoms. The average molecular weight is 423 g/mol. The Morgan fingerprint density at radius 2 is 1.55 bits per heavy atom. The van der Waals surface area contributed by atoms with Crippen LogP contribution in [0.25, 0.3) is 0 Å². The van der Waals surface area contributed by atoms with Gasteiger partial charge >= 0.3 is 0 Å². The lowest BCUT2D eigenvalue weighted by atomic mass is 9.77. The summed E-state index contributed by atoms with van der Waals surface area (Å²) in [5.74, 6) is 1.78. The minimum atomic E-state index is -0.294. The van der Waals surface area contributed by atoms with Gasteiger partial charge in [-0.3, -0.25) is 14.0 Å². The van der Waals surface area contributed by atoms with Crippen LogP contribution in [0.15, 0.2) is 48.5 Å². The molecule has 0 heterocycles. The Balaban J connectivity index is 1.48. The van der Waals surface area contributed by atoms with Crippen LogP contribution in [-0.2, 0) is 17.6 Å². The molecule has 0 atom stereocenters. The molecule has 0 aromatic heterocycles. The van der Waals surface area contributed by atoms with E-state index in [1.807, 2.05) is 43.3 Å². The van der Waals surface area contributed by atoms with Crippen LogP contribution in [0.3, 0.4) is 0 Å². The lowest BCUT2D eigenvalue weighted by Crippen LogP contribution is -2.14. The molecular weight excluding hydrogens is 387 g/mol. The van der Waals surface area contributed by atoms with Crippen LogP contribution in [0, 0.1) is 5.92 Å². The Morgan fingerprint density at radius 3 is 2.16 bits per heavy atom. The van der Waals surface area contributed by atoms with Crippen molar-refractivity contribution in [2.75, 3.05) is 6.67 Å². The second-order valence-electron chi connectivity index (χ2n) is 8.98. The van der Waals surface area contributed by atoms with E-state index in [2.05, 4.69) is 12.1 Å². The molecule has 0 radical (unpaired) electrons. The number of benzene rings is 2. The number of halogens is 1. The van der Waals surface area contributed by atoms with Crippen molar-refractivity contribution in [1.82, 2.24) is 0 Å². The third kappa shape index (κ3) is 7.12. The molecule has 1 saturated carbocycles. The van der Waals surface area contributed by atoms with Crippen LogP contribution in [0.5, 0.6) is 0 Å². The van der Waals surface area contributed by atoms with Crippen molar-refractivity contribution in [3.05, 3.63) is 70.8 Å². The smallest absolute Gasteiger partial charge is 0.167 e. The lowest BCUT2D eigenvalue weighted by molar-refractivity contribution is -0.119. The van der Waals surface area contributed by atoms with Gasteiger partial charge in [-0.05, 0) is 73.5 Å². The maximum atomic E-state index is 12.7. The second-order valence-corrected chi connectivity index (χ2v) is 8.98. The van der Waals surface area contributed by atoms with Gasteiger partial charge in [0.2, 0.25) is 0 Å². The van der Waals surface area contributed by atoms with Crippen LogP contribution in [0.2, 0.25) is 0 Å². The highest BCUT2D eigenvalue weighted by atomic mass is 19.1. The summed E-state index contributed by atoms with van der Waals surface area (Å²) in [6.45, 7) is 1.65. The summed E-state index contributed by atoms with van der Waals surface area (Å²) in [7, 11) is 0. The fourth-order valence-corrected chi connectivity index (χ4v) is 4.65. The Bertz CT molecular complexity index is 830. The minimum absolute atomic E-state index is 0.132. The van der Waals surface area contributed by atoms with Gasteiger partial charge in [0.05, 0.1) is 6.67 Å². The molecule has 0 aliphatic heterocycles. The van der Waals surface area contributed by atoms with E-state index in [0.717, 1.165) is 36.0 Å². The number of ketones is 2. The first-order valence-corrected chi connectivity index (χ1v) is 11.9. The Labute approximate surface area is 186 Å². The van der Waals surface area contributed by atoms with Crippen molar-refractivity contribution >= 4 is 11.6 Å². The highest BCUT2D eigenvalue weighted by Gasteiger charge is 2.23. The first kappa shape index (κ1) is 23.4. The lowest BCUT2D eigenvalue weighted by Gasteiger charge is -2.28. The highest BCUT2D eigenvalue weighted by molar-refractivity contribution is 5.97. The molecule has 1 aliphatic rings. The van der Waals surface area contributed by atoms with Crippen LogP contribution in [0.1, 0.15) is 91.3 Å². The standard InChI is InChI=1S/C28H35FO2/c1-2-27(30)18-11-22-9-12-24(13-10-22)25-14-16-26(17-15-25)28(31)20-23-7-5-21(6-8-23)4-3-19-29/h5-8,14-17,22,24H,2-4,9-13,18-20H2,1H3. The number of rotatable bonds is 11. The molecule has 0 unspecified atom stereocenters. The topological polar surface area (TPSA) is 34.1 Å². The van der Waals surface area contributed by atoms with Crippen molar-refractivity contribution < 1.29 is 14.0 Å². The van der Waals surface area contributed by atoms with E-state index in [4.69, 9.17) is 0 Å². The molecule has 0 bridgehead atoms. The molecular formula is C28H35FO2. The largest absolute Gasteiger partial charge is 0.300 e. The Morgan fingerprint density at radius 1 is 0.903 bits per heavy atom. The number of hydrogen-bond acceptors (Lipinski definition) is 2. The first-order chi connectivity index (χ1) is 15.1. The van der Waals surface area contributed by atoms with Crippen molar-refractivity contribution in [3.63, 3.8) is 0 Å². The molecule has 1 fully saturated rings. The van der Waals surface area contributed by atoms with E-state index in [9.17, 15) is 14.0 Å². The van der Waals surface area contributed by atoms with Gasteiger partial charge in [-0.2, -0.15) is 0 Å². The van der Waals surface area contributed by atoms with Crippen LogP contribution < -0.4 is 0 Å².